The first-order valence-electron chi connectivity index (χ1n) is 3.30. The summed E-state index contributed by atoms with van der Waals surface area (Å²) in [5, 5.41) is 8.54. The van der Waals surface area contributed by atoms with Crippen LogP contribution in [0.3, 0.4) is 0 Å². The highest BCUT2D eigenvalue weighted by molar-refractivity contribution is 7.73. The van der Waals surface area contributed by atoms with Crippen molar-refractivity contribution in [1.29, 1.82) is 0 Å². The van der Waals surface area contributed by atoms with E-state index in [-0.39, 0.29) is 4.86 Å². The van der Waals surface area contributed by atoms with Gasteiger partial charge in [-0.25, -0.2) is 0 Å². The summed E-state index contributed by atoms with van der Waals surface area (Å²) in [4.78, 5) is 10.6. The minimum atomic E-state index is -2.31. The Morgan fingerprint density at radius 2 is 2.18 bits per heavy atom. The van der Waals surface area contributed by atoms with E-state index >= 15 is 0 Å². The number of hydrogen-bond acceptors (Lipinski definition) is 3. The van der Waals surface area contributed by atoms with Crippen LogP contribution >= 0.6 is 0 Å². The van der Waals surface area contributed by atoms with Crippen LogP contribution in [0.5, 0.6) is 0 Å². The van der Waals surface area contributed by atoms with Gasteiger partial charge in [-0.3, -0.25) is 4.79 Å². The molecule has 1 unspecified atom stereocenters. The first-order valence-corrected chi connectivity index (χ1v) is 4.38. The zero-order valence-electron chi connectivity index (χ0n) is 5.78. The molecule has 62 valence electrons. The van der Waals surface area contributed by atoms with Gasteiger partial charge in [-0.1, -0.05) is 0 Å². The fourth-order valence-corrected chi connectivity index (χ4v) is 2.04. The standard InChI is InChI=1S/C6H8O4S/c7-6(8)4-2-1-3-5(4)11(9)10/h4H,1-3H2,(H,7,8). The molecule has 0 bridgehead atoms. The molecule has 1 fully saturated rings. The molecule has 0 aromatic carbocycles. The lowest BCUT2D eigenvalue weighted by atomic mass is 10.1. The van der Waals surface area contributed by atoms with Gasteiger partial charge in [-0.05, 0) is 19.3 Å². The van der Waals surface area contributed by atoms with Crippen molar-refractivity contribution in [2.45, 2.75) is 19.3 Å². The Kier molecular flexibility index (Phi) is 2.28. The molecule has 0 aromatic rings. The molecular weight excluding hydrogens is 168 g/mol. The second kappa shape index (κ2) is 3.04. The number of carbonyl (C=O) groups is 1. The van der Waals surface area contributed by atoms with E-state index in [9.17, 15) is 13.2 Å². The van der Waals surface area contributed by atoms with E-state index in [2.05, 4.69) is 0 Å². The van der Waals surface area contributed by atoms with Gasteiger partial charge >= 0.3 is 5.97 Å². The Balaban J connectivity index is 3.01. The van der Waals surface area contributed by atoms with Gasteiger partial charge in [0.15, 0.2) is 0 Å². The van der Waals surface area contributed by atoms with E-state index in [0.29, 0.717) is 19.3 Å². The van der Waals surface area contributed by atoms with Gasteiger partial charge in [0.1, 0.15) is 0 Å². The normalized spacial score (nSPS) is 23.6. The van der Waals surface area contributed by atoms with Crippen molar-refractivity contribution in [2.24, 2.45) is 5.92 Å². The maximum absolute atomic E-state index is 10.4. The zero-order chi connectivity index (χ0) is 8.43. The maximum atomic E-state index is 10.4. The van der Waals surface area contributed by atoms with Crippen molar-refractivity contribution in [3.05, 3.63) is 0 Å². The molecule has 0 aliphatic heterocycles. The van der Waals surface area contributed by atoms with Gasteiger partial charge in [0, 0.05) is 0 Å². The number of carboxylic acid groups (broad SMARTS) is 1. The maximum Gasteiger partial charge on any atom is 0.311 e. The summed E-state index contributed by atoms with van der Waals surface area (Å²) < 4.78 is 20.8. The van der Waals surface area contributed by atoms with Crippen LogP contribution in [0.15, 0.2) is 0 Å². The first kappa shape index (κ1) is 8.26. The van der Waals surface area contributed by atoms with Gasteiger partial charge in [0.25, 0.3) is 0 Å². The van der Waals surface area contributed by atoms with Gasteiger partial charge in [-0.2, -0.15) is 8.42 Å². The van der Waals surface area contributed by atoms with Crippen molar-refractivity contribution in [3.8, 4) is 0 Å². The molecule has 1 saturated carbocycles. The minimum absolute atomic E-state index is 0.150. The second-order valence-corrected chi connectivity index (χ2v) is 3.48. The summed E-state index contributed by atoms with van der Waals surface area (Å²) in [6.07, 6.45) is 1.53. The molecule has 1 aliphatic rings. The number of rotatable bonds is 1. The highest BCUT2D eigenvalue weighted by atomic mass is 32.2. The number of hydrogen-bond donors (Lipinski definition) is 1. The molecule has 0 saturated heterocycles. The van der Waals surface area contributed by atoms with E-state index in [0.717, 1.165) is 0 Å². The lowest BCUT2D eigenvalue weighted by Gasteiger charge is -1.98. The van der Waals surface area contributed by atoms with E-state index in [4.69, 9.17) is 5.11 Å². The molecule has 5 heteroatoms. The van der Waals surface area contributed by atoms with Gasteiger partial charge in [0.2, 0.25) is 10.3 Å². The zero-order valence-corrected chi connectivity index (χ0v) is 6.60. The fraction of sp³-hybridized carbons (Fsp3) is 0.667. The molecule has 0 heterocycles. The summed E-state index contributed by atoms with van der Waals surface area (Å²) in [5.74, 6) is -1.78. The predicted molar refractivity (Wildman–Crippen MR) is 38.9 cm³/mol. The van der Waals surface area contributed by atoms with Gasteiger partial charge in [0.05, 0.1) is 10.8 Å². The molecule has 1 atom stereocenters. The predicted octanol–water partition coefficient (Wildman–Crippen LogP) is -0.0774. The van der Waals surface area contributed by atoms with Gasteiger partial charge in [-0.15, -0.1) is 0 Å². The van der Waals surface area contributed by atoms with Crippen LogP contribution in [0.4, 0.5) is 0 Å². The highest BCUT2D eigenvalue weighted by Gasteiger charge is 2.29. The fourth-order valence-electron chi connectivity index (χ4n) is 1.28. The van der Waals surface area contributed by atoms with E-state index in [1.807, 2.05) is 0 Å². The topological polar surface area (TPSA) is 71.4 Å². The molecule has 0 spiro atoms. The summed E-state index contributed by atoms with van der Waals surface area (Å²) in [6, 6.07) is 0. The molecule has 0 amide bonds. The number of carboxylic acids is 1. The Morgan fingerprint density at radius 1 is 1.55 bits per heavy atom. The van der Waals surface area contributed by atoms with Crippen LogP contribution in [0.1, 0.15) is 19.3 Å². The SMILES string of the molecule is O=C(O)C1CCCC1=S(=O)=O. The Morgan fingerprint density at radius 3 is 2.55 bits per heavy atom. The second-order valence-electron chi connectivity index (χ2n) is 2.48. The van der Waals surface area contributed by atoms with E-state index in [1.54, 1.807) is 0 Å². The Hall–Kier alpha value is -0.840. The van der Waals surface area contributed by atoms with Crippen LogP contribution in [0.25, 0.3) is 0 Å². The van der Waals surface area contributed by atoms with Gasteiger partial charge < -0.3 is 5.11 Å². The summed E-state index contributed by atoms with van der Waals surface area (Å²) in [6.45, 7) is 0. The first-order chi connectivity index (χ1) is 5.13. The van der Waals surface area contributed by atoms with Crippen molar-refractivity contribution in [3.63, 3.8) is 0 Å². The third kappa shape index (κ3) is 1.59. The average molecular weight is 176 g/mol. The average Bonchev–Trinajstić information content (AvgIpc) is 2.32. The van der Waals surface area contributed by atoms with Crippen molar-refractivity contribution < 1.29 is 18.3 Å². The van der Waals surface area contributed by atoms with Crippen LogP contribution in [0, 0.1) is 5.92 Å². The van der Waals surface area contributed by atoms with Crippen LogP contribution < -0.4 is 0 Å². The summed E-state index contributed by atoms with van der Waals surface area (Å²) >= 11 is 0. The molecule has 1 N–H and O–H groups in total. The minimum Gasteiger partial charge on any atom is -0.481 e. The highest BCUT2D eigenvalue weighted by Crippen LogP contribution is 2.21. The smallest absolute Gasteiger partial charge is 0.311 e. The summed E-state index contributed by atoms with van der Waals surface area (Å²) in [7, 11) is -2.31. The van der Waals surface area contributed by atoms with E-state index in [1.165, 1.54) is 0 Å². The molecule has 4 nitrogen and oxygen atoms in total. The van der Waals surface area contributed by atoms with Crippen LogP contribution in [0.2, 0.25) is 0 Å². The van der Waals surface area contributed by atoms with Crippen molar-refractivity contribution in [1.82, 2.24) is 0 Å². The van der Waals surface area contributed by atoms with E-state index < -0.39 is 22.2 Å². The largest absolute Gasteiger partial charge is 0.481 e. The lowest BCUT2D eigenvalue weighted by molar-refractivity contribution is -0.139. The molecule has 0 aromatic heterocycles. The molecule has 1 aliphatic carbocycles. The van der Waals surface area contributed by atoms with Crippen LogP contribution in [-0.2, 0) is 15.1 Å². The number of aliphatic carboxylic acids is 1. The third-order valence-corrected chi connectivity index (χ3v) is 2.73. The molecular formula is C6H8O4S. The Labute approximate surface area is 65.4 Å². The monoisotopic (exact) mass is 176 g/mol. The van der Waals surface area contributed by atoms with Crippen molar-refractivity contribution in [2.75, 3.05) is 0 Å². The molecule has 0 radical (unpaired) electrons. The van der Waals surface area contributed by atoms with Crippen LogP contribution in [-0.4, -0.2) is 24.4 Å². The van der Waals surface area contributed by atoms with Crippen molar-refractivity contribution >= 4 is 21.1 Å². The quantitative estimate of drug-likeness (QED) is 0.567. The lowest BCUT2D eigenvalue weighted by Crippen LogP contribution is -2.18. The molecule has 11 heavy (non-hydrogen) atoms. The third-order valence-electron chi connectivity index (χ3n) is 1.82. The summed E-state index contributed by atoms with van der Waals surface area (Å²) in [5.41, 5.74) is 0. The Bertz CT molecular complexity index is 293. The molecule has 1 rings (SSSR count).